The molecule has 0 fully saturated rings. The van der Waals surface area contributed by atoms with Crippen molar-refractivity contribution in [3.05, 3.63) is 35.9 Å². The van der Waals surface area contributed by atoms with Gasteiger partial charge in [-0.15, -0.1) is 0 Å². The molecule has 4 nitrogen and oxygen atoms in total. The van der Waals surface area contributed by atoms with Gasteiger partial charge in [0.15, 0.2) is 0 Å². The summed E-state index contributed by atoms with van der Waals surface area (Å²) >= 11 is 0. The number of Topliss-reactive ketones (excluding diaryl/α,β-unsaturated/α-hetero) is 1. The van der Waals surface area contributed by atoms with Crippen LogP contribution in [-0.2, 0) is 16.0 Å². The first-order valence-corrected chi connectivity index (χ1v) is 5.00. The molecule has 0 aromatic heterocycles. The van der Waals surface area contributed by atoms with E-state index in [9.17, 15) is 9.59 Å². The highest BCUT2D eigenvalue weighted by Gasteiger charge is 2.35. The predicted octanol–water partition coefficient (Wildman–Crippen LogP) is 0.990. The lowest BCUT2D eigenvalue weighted by Crippen LogP contribution is -2.51. The van der Waals surface area contributed by atoms with E-state index in [0.717, 1.165) is 5.56 Å². The van der Waals surface area contributed by atoms with Gasteiger partial charge in [-0.2, -0.15) is 0 Å². The van der Waals surface area contributed by atoms with Crippen LogP contribution in [0.3, 0.4) is 0 Å². The maximum atomic E-state index is 11.1. The van der Waals surface area contributed by atoms with Crippen molar-refractivity contribution in [2.75, 3.05) is 0 Å². The molecule has 1 atom stereocenters. The molecule has 0 saturated carbocycles. The monoisotopic (exact) mass is 221 g/mol. The number of carboxylic acid groups (broad SMARTS) is 1. The van der Waals surface area contributed by atoms with Gasteiger partial charge in [-0.25, -0.2) is 0 Å². The molecule has 0 amide bonds. The predicted molar refractivity (Wildman–Crippen MR) is 60.0 cm³/mol. The molecular weight excluding hydrogens is 206 g/mol. The van der Waals surface area contributed by atoms with Gasteiger partial charge in [-0.1, -0.05) is 30.3 Å². The van der Waals surface area contributed by atoms with Crippen LogP contribution in [0.1, 0.15) is 18.9 Å². The van der Waals surface area contributed by atoms with E-state index < -0.39 is 11.5 Å². The maximum Gasteiger partial charge on any atom is 0.324 e. The Balaban J connectivity index is 2.87. The molecule has 0 radical (unpaired) electrons. The molecule has 1 rings (SSSR count). The first-order valence-electron chi connectivity index (χ1n) is 5.00. The normalized spacial score (nSPS) is 14.1. The molecule has 0 heterocycles. The first-order chi connectivity index (χ1) is 7.44. The highest BCUT2D eigenvalue weighted by Crippen LogP contribution is 2.15. The third kappa shape index (κ3) is 3.17. The Kier molecular flexibility index (Phi) is 3.79. The Morgan fingerprint density at radius 1 is 1.31 bits per heavy atom. The molecule has 0 bridgehead atoms. The highest BCUT2D eigenvalue weighted by atomic mass is 16.4. The van der Waals surface area contributed by atoms with Gasteiger partial charge >= 0.3 is 5.97 Å². The molecule has 86 valence electrons. The molecule has 1 unspecified atom stereocenters. The summed E-state index contributed by atoms with van der Waals surface area (Å²) < 4.78 is 0. The largest absolute Gasteiger partial charge is 0.480 e. The lowest BCUT2D eigenvalue weighted by Gasteiger charge is -2.23. The van der Waals surface area contributed by atoms with Crippen molar-refractivity contribution in [3.8, 4) is 0 Å². The number of hydrogen-bond acceptors (Lipinski definition) is 3. The lowest BCUT2D eigenvalue weighted by molar-refractivity contribution is -0.145. The lowest BCUT2D eigenvalue weighted by atomic mass is 9.87. The summed E-state index contributed by atoms with van der Waals surface area (Å²) in [5, 5.41) is 9.07. The number of carbonyl (C=O) groups excluding carboxylic acids is 1. The Morgan fingerprint density at radius 2 is 1.88 bits per heavy atom. The Hall–Kier alpha value is -1.68. The molecule has 0 aliphatic rings. The van der Waals surface area contributed by atoms with Crippen molar-refractivity contribution < 1.29 is 14.7 Å². The van der Waals surface area contributed by atoms with Crippen LogP contribution in [-0.4, -0.2) is 22.4 Å². The minimum atomic E-state index is -1.51. The average molecular weight is 221 g/mol. The van der Waals surface area contributed by atoms with Crippen LogP contribution < -0.4 is 5.73 Å². The zero-order valence-electron chi connectivity index (χ0n) is 9.14. The molecule has 0 saturated heterocycles. The van der Waals surface area contributed by atoms with Crippen LogP contribution in [0.4, 0.5) is 0 Å². The van der Waals surface area contributed by atoms with Crippen LogP contribution in [0.25, 0.3) is 0 Å². The van der Waals surface area contributed by atoms with Crippen molar-refractivity contribution in [3.63, 3.8) is 0 Å². The number of benzene rings is 1. The van der Waals surface area contributed by atoms with E-state index in [1.807, 2.05) is 18.2 Å². The molecule has 16 heavy (non-hydrogen) atoms. The summed E-state index contributed by atoms with van der Waals surface area (Å²) in [7, 11) is 0. The quantitative estimate of drug-likeness (QED) is 0.777. The van der Waals surface area contributed by atoms with E-state index in [2.05, 4.69) is 0 Å². The zero-order chi connectivity index (χ0) is 12.2. The number of nitrogens with two attached hydrogens (primary N) is 1. The van der Waals surface area contributed by atoms with Gasteiger partial charge in [0.1, 0.15) is 11.3 Å². The smallest absolute Gasteiger partial charge is 0.324 e. The van der Waals surface area contributed by atoms with Crippen LogP contribution in [0.2, 0.25) is 0 Å². The van der Waals surface area contributed by atoms with E-state index in [4.69, 9.17) is 10.8 Å². The molecular formula is C12H15NO3. The van der Waals surface area contributed by atoms with Gasteiger partial charge in [-0.3, -0.25) is 9.59 Å². The minimum absolute atomic E-state index is 0.156. The van der Waals surface area contributed by atoms with Gasteiger partial charge < -0.3 is 10.8 Å². The third-order valence-electron chi connectivity index (χ3n) is 2.35. The first kappa shape index (κ1) is 12.4. The van der Waals surface area contributed by atoms with Crippen molar-refractivity contribution in [2.45, 2.75) is 25.3 Å². The topological polar surface area (TPSA) is 80.4 Å². The number of hydrogen-bond donors (Lipinski definition) is 2. The van der Waals surface area contributed by atoms with Crippen LogP contribution in [0.5, 0.6) is 0 Å². The van der Waals surface area contributed by atoms with Gasteiger partial charge in [-0.05, 0) is 12.5 Å². The average Bonchev–Trinajstić information content (AvgIpc) is 2.17. The van der Waals surface area contributed by atoms with E-state index >= 15 is 0 Å². The molecule has 1 aromatic carbocycles. The van der Waals surface area contributed by atoms with E-state index in [-0.39, 0.29) is 18.6 Å². The standard InChI is InChI=1S/C12H15NO3/c1-9(14)7-12(13,11(15)16)8-10-5-3-2-4-6-10/h2-6H,7-8,13H2,1H3,(H,15,16). The highest BCUT2D eigenvalue weighted by molar-refractivity contribution is 5.87. The van der Waals surface area contributed by atoms with Crippen LogP contribution >= 0.6 is 0 Å². The number of carbonyl (C=O) groups is 2. The second kappa shape index (κ2) is 4.90. The fraction of sp³-hybridized carbons (Fsp3) is 0.333. The summed E-state index contributed by atoms with van der Waals surface area (Å²) in [6.45, 7) is 1.34. The summed E-state index contributed by atoms with van der Waals surface area (Å²) in [6, 6.07) is 9.06. The number of rotatable bonds is 5. The van der Waals surface area contributed by atoms with Crippen molar-refractivity contribution in [1.82, 2.24) is 0 Å². The molecule has 1 aromatic rings. The van der Waals surface area contributed by atoms with E-state index in [0.29, 0.717) is 0 Å². The second-order valence-corrected chi connectivity index (χ2v) is 4.00. The Labute approximate surface area is 94.1 Å². The fourth-order valence-corrected chi connectivity index (χ4v) is 1.62. The number of aliphatic carboxylic acids is 1. The van der Waals surface area contributed by atoms with Gasteiger partial charge in [0.05, 0.1) is 0 Å². The van der Waals surface area contributed by atoms with Crippen LogP contribution in [0, 0.1) is 0 Å². The second-order valence-electron chi connectivity index (χ2n) is 4.00. The molecule has 0 aliphatic carbocycles. The van der Waals surface area contributed by atoms with E-state index in [1.54, 1.807) is 12.1 Å². The van der Waals surface area contributed by atoms with Crippen molar-refractivity contribution >= 4 is 11.8 Å². The van der Waals surface area contributed by atoms with Gasteiger partial charge in [0.2, 0.25) is 0 Å². The van der Waals surface area contributed by atoms with Gasteiger partial charge in [0, 0.05) is 12.8 Å². The van der Waals surface area contributed by atoms with E-state index in [1.165, 1.54) is 6.92 Å². The van der Waals surface area contributed by atoms with Crippen molar-refractivity contribution in [1.29, 1.82) is 0 Å². The third-order valence-corrected chi connectivity index (χ3v) is 2.35. The fourth-order valence-electron chi connectivity index (χ4n) is 1.62. The van der Waals surface area contributed by atoms with Gasteiger partial charge in [0.25, 0.3) is 0 Å². The summed E-state index contributed by atoms with van der Waals surface area (Å²) in [5.41, 5.74) is 5.06. The summed E-state index contributed by atoms with van der Waals surface area (Å²) in [5.74, 6) is -1.37. The molecule has 0 spiro atoms. The Morgan fingerprint density at radius 3 is 2.31 bits per heavy atom. The summed E-state index contributed by atoms with van der Waals surface area (Å²) in [6.07, 6.45) is -0.0000189. The SMILES string of the molecule is CC(=O)CC(N)(Cc1ccccc1)C(=O)O. The molecule has 0 aliphatic heterocycles. The number of carboxylic acids is 1. The Bertz CT molecular complexity index is 389. The van der Waals surface area contributed by atoms with Crippen LogP contribution in [0.15, 0.2) is 30.3 Å². The molecule has 3 N–H and O–H groups in total. The van der Waals surface area contributed by atoms with Crippen molar-refractivity contribution in [2.24, 2.45) is 5.73 Å². The minimum Gasteiger partial charge on any atom is -0.480 e. The number of ketones is 1. The maximum absolute atomic E-state index is 11.1. The summed E-state index contributed by atoms with van der Waals surface area (Å²) in [4.78, 5) is 22.1. The molecule has 4 heteroatoms. The zero-order valence-corrected chi connectivity index (χ0v) is 9.14.